The summed E-state index contributed by atoms with van der Waals surface area (Å²) < 4.78 is 0. The molecule has 0 atom stereocenters. The highest BCUT2D eigenvalue weighted by molar-refractivity contribution is 5.94. The monoisotopic (exact) mass is 267 g/mol. The van der Waals surface area contributed by atoms with Gasteiger partial charge in [0.05, 0.1) is 0 Å². The van der Waals surface area contributed by atoms with Crippen molar-refractivity contribution in [2.45, 2.75) is 19.8 Å². The molecule has 0 bridgehead atoms. The first kappa shape index (κ1) is 15.0. The van der Waals surface area contributed by atoms with Crippen LogP contribution >= 0.6 is 0 Å². The minimum absolute atomic E-state index is 0. The van der Waals surface area contributed by atoms with Crippen LogP contribution in [-0.4, -0.2) is 37.0 Å². The van der Waals surface area contributed by atoms with Gasteiger partial charge in [-0.05, 0) is 45.0 Å². The number of amides is 1. The number of aryl methyl sites for hydroxylation is 1. The van der Waals surface area contributed by atoms with E-state index in [0.29, 0.717) is 0 Å². The quantitative estimate of drug-likeness (QED) is 0.745. The van der Waals surface area contributed by atoms with Gasteiger partial charge in [0.25, 0.3) is 5.91 Å². The molecule has 1 aromatic carbocycles. The first-order valence-electron chi connectivity index (χ1n) is 6.33. The lowest BCUT2D eigenvalue weighted by Gasteiger charge is -2.14. The van der Waals surface area contributed by atoms with Crippen LogP contribution in [0.2, 0.25) is 0 Å². The zero-order valence-corrected chi connectivity index (χ0v) is 11.5. The molecule has 0 radical (unpaired) electrons. The highest BCUT2D eigenvalue weighted by Crippen LogP contribution is 2.06. The standard InChI is InChI=1S/C14H20N2O.ClH/c1-12-4-6-13(7-5-12)14(17)15-8-11-16-9-2-3-10-16;/h4-7H,2-3,8-11H2,1H3,(H,15,17);1H/p-1. The second-order valence-electron chi connectivity index (χ2n) is 4.67. The van der Waals surface area contributed by atoms with Crippen molar-refractivity contribution in [2.75, 3.05) is 26.2 Å². The molecule has 4 heteroatoms. The summed E-state index contributed by atoms with van der Waals surface area (Å²) in [6, 6.07) is 7.69. The highest BCUT2D eigenvalue weighted by atomic mass is 35.5. The minimum atomic E-state index is 0. The molecule has 0 unspecified atom stereocenters. The van der Waals surface area contributed by atoms with Gasteiger partial charge >= 0.3 is 0 Å². The predicted octanol–water partition coefficient (Wildman–Crippen LogP) is -1.18. The van der Waals surface area contributed by atoms with Crippen molar-refractivity contribution < 1.29 is 17.2 Å². The van der Waals surface area contributed by atoms with E-state index in [1.54, 1.807) is 0 Å². The van der Waals surface area contributed by atoms with Crippen molar-refractivity contribution >= 4 is 5.91 Å². The number of benzene rings is 1. The number of carbonyl (C=O) groups is 1. The zero-order chi connectivity index (χ0) is 12.1. The van der Waals surface area contributed by atoms with Crippen molar-refractivity contribution in [3.63, 3.8) is 0 Å². The average Bonchev–Trinajstić information content (AvgIpc) is 2.83. The second-order valence-corrected chi connectivity index (χ2v) is 4.67. The molecule has 0 aliphatic carbocycles. The molecule has 18 heavy (non-hydrogen) atoms. The number of rotatable bonds is 4. The lowest BCUT2D eigenvalue weighted by molar-refractivity contribution is -0.0000120. The molecular weight excluding hydrogens is 248 g/mol. The van der Waals surface area contributed by atoms with Crippen LogP contribution in [0.4, 0.5) is 0 Å². The summed E-state index contributed by atoms with van der Waals surface area (Å²) in [5, 5.41) is 2.96. The average molecular weight is 268 g/mol. The van der Waals surface area contributed by atoms with Gasteiger partial charge in [0.15, 0.2) is 0 Å². The molecule has 1 saturated heterocycles. The van der Waals surface area contributed by atoms with E-state index in [-0.39, 0.29) is 18.3 Å². The molecule has 1 amide bonds. The molecule has 1 aromatic rings. The van der Waals surface area contributed by atoms with Crippen LogP contribution in [0.25, 0.3) is 0 Å². The molecule has 2 rings (SSSR count). The summed E-state index contributed by atoms with van der Waals surface area (Å²) in [5.41, 5.74) is 1.93. The fraction of sp³-hybridized carbons (Fsp3) is 0.500. The molecule has 3 nitrogen and oxygen atoms in total. The first-order chi connectivity index (χ1) is 8.25. The fourth-order valence-corrected chi connectivity index (χ4v) is 2.14. The van der Waals surface area contributed by atoms with Gasteiger partial charge in [-0.3, -0.25) is 4.79 Å². The molecule has 1 aliphatic rings. The smallest absolute Gasteiger partial charge is 0.251 e. The van der Waals surface area contributed by atoms with Gasteiger partial charge in [-0.1, -0.05) is 17.7 Å². The van der Waals surface area contributed by atoms with Gasteiger partial charge in [0.1, 0.15) is 0 Å². The number of hydrogen-bond acceptors (Lipinski definition) is 2. The Balaban J connectivity index is 0.00000162. The largest absolute Gasteiger partial charge is 1.00 e. The van der Waals surface area contributed by atoms with Gasteiger partial charge in [-0.15, -0.1) is 0 Å². The van der Waals surface area contributed by atoms with Crippen LogP contribution in [0, 0.1) is 6.92 Å². The van der Waals surface area contributed by atoms with Crippen LogP contribution in [0.5, 0.6) is 0 Å². The van der Waals surface area contributed by atoms with Gasteiger partial charge in [-0.2, -0.15) is 0 Å². The van der Waals surface area contributed by atoms with E-state index in [0.717, 1.165) is 18.7 Å². The number of halogens is 1. The second kappa shape index (κ2) is 7.39. The molecule has 1 N–H and O–H groups in total. The lowest BCUT2D eigenvalue weighted by Crippen LogP contribution is -3.00. The Bertz CT molecular complexity index is 372. The Labute approximate surface area is 115 Å². The van der Waals surface area contributed by atoms with Crippen LogP contribution in [-0.2, 0) is 0 Å². The number of nitrogens with zero attached hydrogens (tertiary/aromatic N) is 1. The summed E-state index contributed by atoms with van der Waals surface area (Å²) in [5.74, 6) is 0.0317. The van der Waals surface area contributed by atoms with Gasteiger partial charge in [-0.25, -0.2) is 0 Å². The number of carbonyl (C=O) groups excluding carboxylic acids is 1. The lowest BCUT2D eigenvalue weighted by atomic mass is 10.1. The third-order valence-electron chi connectivity index (χ3n) is 3.23. The molecule has 1 aliphatic heterocycles. The normalized spacial score (nSPS) is 15.2. The molecule has 0 spiro atoms. The summed E-state index contributed by atoms with van der Waals surface area (Å²) in [6.45, 7) is 6.10. The van der Waals surface area contributed by atoms with Crippen molar-refractivity contribution in [3.8, 4) is 0 Å². The van der Waals surface area contributed by atoms with Crippen molar-refractivity contribution in [1.29, 1.82) is 0 Å². The summed E-state index contributed by atoms with van der Waals surface area (Å²) >= 11 is 0. The topological polar surface area (TPSA) is 32.3 Å². The Morgan fingerprint density at radius 1 is 1.22 bits per heavy atom. The molecule has 1 heterocycles. The Morgan fingerprint density at radius 2 is 1.83 bits per heavy atom. The maximum Gasteiger partial charge on any atom is 0.251 e. The Morgan fingerprint density at radius 3 is 2.44 bits per heavy atom. The number of likely N-dealkylation sites (tertiary alicyclic amines) is 1. The maximum absolute atomic E-state index is 11.8. The summed E-state index contributed by atoms with van der Waals surface area (Å²) in [6.07, 6.45) is 2.60. The molecule has 0 aromatic heterocycles. The molecule has 100 valence electrons. The van der Waals surface area contributed by atoms with Crippen molar-refractivity contribution in [1.82, 2.24) is 10.2 Å². The molecule has 1 fully saturated rings. The first-order valence-corrected chi connectivity index (χ1v) is 6.33. The molecular formula is C14H20ClN2O-. The predicted molar refractivity (Wildman–Crippen MR) is 69.2 cm³/mol. The van der Waals surface area contributed by atoms with E-state index in [1.807, 2.05) is 31.2 Å². The van der Waals surface area contributed by atoms with Gasteiger partial charge < -0.3 is 22.6 Å². The molecule has 0 saturated carbocycles. The summed E-state index contributed by atoms with van der Waals surface area (Å²) in [4.78, 5) is 14.2. The third kappa shape index (κ3) is 4.31. The van der Waals surface area contributed by atoms with Crippen molar-refractivity contribution in [2.24, 2.45) is 0 Å². The van der Waals surface area contributed by atoms with Crippen LogP contribution in [0.3, 0.4) is 0 Å². The number of nitrogens with one attached hydrogen (secondary N) is 1. The van der Waals surface area contributed by atoms with Crippen LogP contribution in [0.15, 0.2) is 24.3 Å². The van der Waals surface area contributed by atoms with E-state index >= 15 is 0 Å². The zero-order valence-electron chi connectivity index (χ0n) is 10.8. The van der Waals surface area contributed by atoms with Gasteiger partial charge in [0, 0.05) is 18.7 Å². The third-order valence-corrected chi connectivity index (χ3v) is 3.23. The van der Waals surface area contributed by atoms with E-state index in [2.05, 4.69) is 10.2 Å². The maximum atomic E-state index is 11.8. The van der Waals surface area contributed by atoms with E-state index in [9.17, 15) is 4.79 Å². The van der Waals surface area contributed by atoms with E-state index < -0.39 is 0 Å². The Hall–Kier alpha value is -1.06. The van der Waals surface area contributed by atoms with E-state index in [4.69, 9.17) is 0 Å². The highest BCUT2D eigenvalue weighted by Gasteiger charge is 2.11. The minimum Gasteiger partial charge on any atom is -1.00 e. The van der Waals surface area contributed by atoms with Gasteiger partial charge in [0.2, 0.25) is 0 Å². The fourth-order valence-electron chi connectivity index (χ4n) is 2.14. The van der Waals surface area contributed by atoms with Crippen LogP contribution < -0.4 is 17.7 Å². The van der Waals surface area contributed by atoms with Crippen molar-refractivity contribution in [3.05, 3.63) is 35.4 Å². The Kier molecular flexibility index (Phi) is 6.16. The number of hydrogen-bond donors (Lipinski definition) is 1. The summed E-state index contributed by atoms with van der Waals surface area (Å²) in [7, 11) is 0. The van der Waals surface area contributed by atoms with Crippen LogP contribution in [0.1, 0.15) is 28.8 Å². The van der Waals surface area contributed by atoms with E-state index in [1.165, 1.54) is 31.5 Å². The SMILES string of the molecule is Cc1ccc(C(=O)NCCN2CCCC2)cc1.[Cl-].